The first kappa shape index (κ1) is 15.6. The van der Waals surface area contributed by atoms with Crippen LogP contribution in [0.1, 0.15) is 11.1 Å². The Morgan fingerprint density at radius 2 is 1.10 bits per heavy atom. The molecule has 0 amide bonds. The number of hydrogen-bond acceptors (Lipinski definition) is 0. The number of benzene rings is 2. The largest absolute Gasteiger partial charge is 0.122 e. The molecule has 0 bridgehead atoms. The summed E-state index contributed by atoms with van der Waals surface area (Å²) in [5, 5.41) is 2.66. The Kier molecular flexibility index (Phi) is 6.60. The first-order valence-corrected chi connectivity index (χ1v) is 9.53. The van der Waals surface area contributed by atoms with Crippen molar-refractivity contribution >= 4 is 52.6 Å². The van der Waals surface area contributed by atoms with Crippen molar-refractivity contribution in [3.05, 3.63) is 71.1 Å². The molecule has 0 nitrogen and oxygen atoms in total. The van der Waals surface area contributed by atoms with E-state index in [4.69, 9.17) is 23.2 Å². The molecule has 0 aromatic heterocycles. The van der Waals surface area contributed by atoms with E-state index in [-0.39, 0.29) is 0 Å². The SMILES string of the molecule is ClCc1ccccc1[Si]C=C[Si]c1ccccc1CCl. The molecule has 0 aliphatic rings. The van der Waals surface area contributed by atoms with Gasteiger partial charge in [0.2, 0.25) is 0 Å². The molecule has 0 spiro atoms. The fourth-order valence-corrected chi connectivity index (χ4v) is 4.63. The van der Waals surface area contributed by atoms with E-state index in [1.807, 2.05) is 12.1 Å². The second-order valence-electron chi connectivity index (χ2n) is 4.20. The van der Waals surface area contributed by atoms with Crippen molar-refractivity contribution in [3.8, 4) is 0 Å². The van der Waals surface area contributed by atoms with Gasteiger partial charge in [-0.1, -0.05) is 58.9 Å². The summed E-state index contributed by atoms with van der Waals surface area (Å²) < 4.78 is 0. The first-order chi connectivity index (χ1) is 9.85. The van der Waals surface area contributed by atoms with Crippen molar-refractivity contribution in [2.75, 3.05) is 0 Å². The van der Waals surface area contributed by atoms with Gasteiger partial charge in [0, 0.05) is 11.8 Å². The molecule has 0 aliphatic carbocycles. The molecule has 4 heteroatoms. The third-order valence-electron chi connectivity index (χ3n) is 2.88. The predicted octanol–water partition coefficient (Wildman–Crippen LogP) is 2.99. The average Bonchev–Trinajstić information content (AvgIpc) is 2.52. The minimum Gasteiger partial charge on any atom is -0.122 e. The van der Waals surface area contributed by atoms with Gasteiger partial charge < -0.3 is 0 Å². The molecule has 4 radical (unpaired) electrons. The summed E-state index contributed by atoms with van der Waals surface area (Å²) in [6, 6.07) is 16.7. The van der Waals surface area contributed by atoms with Gasteiger partial charge in [0.25, 0.3) is 0 Å². The van der Waals surface area contributed by atoms with Crippen LogP contribution in [0.2, 0.25) is 0 Å². The lowest BCUT2D eigenvalue weighted by Gasteiger charge is -2.03. The van der Waals surface area contributed by atoms with Crippen molar-refractivity contribution in [2.45, 2.75) is 11.8 Å². The van der Waals surface area contributed by atoms with Crippen LogP contribution in [-0.4, -0.2) is 19.0 Å². The molecule has 0 N–H and O–H groups in total. The van der Waals surface area contributed by atoms with Crippen molar-refractivity contribution in [3.63, 3.8) is 0 Å². The van der Waals surface area contributed by atoms with Crippen LogP contribution in [0, 0.1) is 0 Å². The van der Waals surface area contributed by atoms with Gasteiger partial charge in [0.05, 0.1) is 0 Å². The molecule has 0 unspecified atom stereocenters. The van der Waals surface area contributed by atoms with E-state index in [2.05, 4.69) is 47.8 Å². The Bertz CT molecular complexity index is 531. The van der Waals surface area contributed by atoms with Crippen molar-refractivity contribution in [1.29, 1.82) is 0 Å². The van der Waals surface area contributed by atoms with Crippen LogP contribution in [0.5, 0.6) is 0 Å². The molecular weight excluding hydrogens is 319 g/mol. The third-order valence-corrected chi connectivity index (χ3v) is 6.06. The molecule has 0 saturated carbocycles. The molecule has 2 aromatic rings. The van der Waals surface area contributed by atoms with Gasteiger partial charge in [-0.25, -0.2) is 0 Å². The Morgan fingerprint density at radius 3 is 1.50 bits per heavy atom. The van der Waals surface area contributed by atoms with Gasteiger partial charge >= 0.3 is 0 Å². The van der Waals surface area contributed by atoms with Crippen LogP contribution < -0.4 is 10.4 Å². The lowest BCUT2D eigenvalue weighted by molar-refractivity contribution is 1.44. The van der Waals surface area contributed by atoms with Gasteiger partial charge in [-0.3, -0.25) is 0 Å². The zero-order valence-corrected chi connectivity index (χ0v) is 14.5. The average molecular weight is 333 g/mol. The minimum absolute atomic E-state index is 0.578. The maximum absolute atomic E-state index is 5.95. The lowest BCUT2D eigenvalue weighted by Crippen LogP contribution is -2.19. The van der Waals surface area contributed by atoms with Crippen LogP contribution in [-0.2, 0) is 11.8 Å². The Hall–Kier alpha value is -0.806. The number of halogens is 2. The third kappa shape index (κ3) is 4.35. The summed E-state index contributed by atoms with van der Waals surface area (Å²) in [7, 11) is 1.34. The monoisotopic (exact) mass is 332 g/mol. The van der Waals surface area contributed by atoms with Crippen LogP contribution in [0.15, 0.2) is 59.9 Å². The van der Waals surface area contributed by atoms with Gasteiger partial charge in [0.15, 0.2) is 0 Å². The first-order valence-electron chi connectivity index (χ1n) is 6.31. The molecule has 0 fully saturated rings. The van der Waals surface area contributed by atoms with Crippen LogP contribution in [0.4, 0.5) is 0 Å². The maximum Gasteiger partial charge on any atom is 0.111 e. The Morgan fingerprint density at radius 1 is 0.700 bits per heavy atom. The molecule has 2 aromatic carbocycles. The van der Waals surface area contributed by atoms with E-state index in [0.29, 0.717) is 30.8 Å². The molecule has 100 valence electrons. The zero-order valence-electron chi connectivity index (χ0n) is 10.9. The zero-order chi connectivity index (χ0) is 14.2. The van der Waals surface area contributed by atoms with E-state index in [9.17, 15) is 0 Å². The second-order valence-corrected chi connectivity index (χ2v) is 7.06. The molecular formula is C16H14Cl2Si2. The van der Waals surface area contributed by atoms with E-state index >= 15 is 0 Å². The quantitative estimate of drug-likeness (QED) is 0.563. The van der Waals surface area contributed by atoms with E-state index in [1.165, 1.54) is 21.5 Å². The van der Waals surface area contributed by atoms with Crippen molar-refractivity contribution in [1.82, 2.24) is 0 Å². The molecule has 2 rings (SSSR count). The van der Waals surface area contributed by atoms with Crippen LogP contribution in [0.25, 0.3) is 0 Å². The normalized spacial score (nSPS) is 11.1. The predicted molar refractivity (Wildman–Crippen MR) is 91.9 cm³/mol. The summed E-state index contributed by atoms with van der Waals surface area (Å²) >= 11 is 11.9. The smallest absolute Gasteiger partial charge is 0.111 e. The highest BCUT2D eigenvalue weighted by atomic mass is 35.5. The van der Waals surface area contributed by atoms with Crippen LogP contribution >= 0.6 is 23.2 Å². The summed E-state index contributed by atoms with van der Waals surface area (Å²) in [6.45, 7) is 0. The van der Waals surface area contributed by atoms with E-state index in [1.54, 1.807) is 0 Å². The fourth-order valence-electron chi connectivity index (χ4n) is 1.82. The summed E-state index contributed by atoms with van der Waals surface area (Å²) in [5.74, 6) is 1.16. The number of rotatable bonds is 6. The topological polar surface area (TPSA) is 0 Å². The molecule has 0 aliphatic heterocycles. The highest BCUT2D eigenvalue weighted by Gasteiger charge is 2.00. The molecule has 0 atom stereocenters. The number of alkyl halides is 2. The Balaban J connectivity index is 1.97. The minimum atomic E-state index is 0.578. The van der Waals surface area contributed by atoms with E-state index in [0.717, 1.165) is 0 Å². The van der Waals surface area contributed by atoms with Crippen molar-refractivity contribution < 1.29 is 0 Å². The summed E-state index contributed by atoms with van der Waals surface area (Å²) in [4.78, 5) is 0. The lowest BCUT2D eigenvalue weighted by atomic mass is 10.2. The van der Waals surface area contributed by atoms with E-state index < -0.39 is 0 Å². The maximum atomic E-state index is 5.95. The molecule has 0 heterocycles. The molecule has 0 saturated heterocycles. The summed E-state index contributed by atoms with van der Waals surface area (Å²) in [6.07, 6.45) is 0. The highest BCUT2D eigenvalue weighted by Crippen LogP contribution is 2.01. The van der Waals surface area contributed by atoms with Gasteiger partial charge in [-0.15, -0.1) is 34.6 Å². The van der Waals surface area contributed by atoms with Crippen LogP contribution in [0.3, 0.4) is 0 Å². The van der Waals surface area contributed by atoms with Gasteiger partial charge in [-0.05, 0) is 11.1 Å². The second kappa shape index (κ2) is 8.47. The fraction of sp³-hybridized carbons (Fsp3) is 0.125. The number of hydrogen-bond donors (Lipinski definition) is 0. The highest BCUT2D eigenvalue weighted by molar-refractivity contribution is 6.64. The van der Waals surface area contributed by atoms with Gasteiger partial charge in [-0.2, -0.15) is 0 Å². The van der Waals surface area contributed by atoms with Gasteiger partial charge in [0.1, 0.15) is 19.0 Å². The van der Waals surface area contributed by atoms with Crippen molar-refractivity contribution in [2.24, 2.45) is 0 Å². The Labute approximate surface area is 135 Å². The summed E-state index contributed by atoms with van der Waals surface area (Å²) in [5.41, 5.74) is 6.94. The molecule has 20 heavy (non-hydrogen) atoms. The standard InChI is InChI=1S/C16H14Cl2Si2/c17-11-13-5-1-3-7-15(13)19-9-10-20-16-8-4-2-6-14(16)12-18/h1-10H,11-12H2.